The van der Waals surface area contributed by atoms with Crippen LogP contribution in [-0.4, -0.2) is 52.1 Å². The molecule has 0 amide bonds. The SMILES string of the molecule is FC1(F)CCN(c2nc(-c3cn(-c4ccc(Br)cc4N4CCC5(CC4)CC5)nn3)cs2)CC1. The summed E-state index contributed by atoms with van der Waals surface area (Å²) in [5.41, 5.74) is 4.19. The predicted molar refractivity (Wildman–Crippen MR) is 130 cm³/mol. The molecule has 3 aromatic rings. The van der Waals surface area contributed by atoms with Gasteiger partial charge >= 0.3 is 0 Å². The first-order chi connectivity index (χ1) is 15.9. The molecule has 1 spiro atoms. The third-order valence-corrected chi connectivity index (χ3v) is 8.71. The first-order valence-corrected chi connectivity index (χ1v) is 13.1. The minimum absolute atomic E-state index is 0.123. The van der Waals surface area contributed by atoms with E-state index in [1.807, 2.05) is 27.2 Å². The van der Waals surface area contributed by atoms with Gasteiger partial charge in [-0.05, 0) is 49.3 Å². The molecule has 0 radical (unpaired) electrons. The van der Waals surface area contributed by atoms with Crippen molar-refractivity contribution in [3.8, 4) is 17.1 Å². The molecule has 2 aliphatic heterocycles. The fourth-order valence-corrected chi connectivity index (χ4v) is 6.12. The Kier molecular flexibility index (Phi) is 5.21. The number of alkyl halides is 2. The highest BCUT2D eigenvalue weighted by Gasteiger charge is 2.44. The second-order valence-corrected chi connectivity index (χ2v) is 11.3. The molecular formula is C23H25BrF2N6S. The Labute approximate surface area is 203 Å². The lowest BCUT2D eigenvalue weighted by atomic mass is 9.93. The van der Waals surface area contributed by atoms with Crippen molar-refractivity contribution in [2.24, 2.45) is 5.41 Å². The van der Waals surface area contributed by atoms with E-state index in [1.54, 1.807) is 0 Å². The number of nitrogens with zero attached hydrogens (tertiary/aromatic N) is 6. The molecule has 10 heteroatoms. The lowest BCUT2D eigenvalue weighted by Gasteiger charge is -2.35. The molecule has 0 unspecified atom stereocenters. The van der Waals surface area contributed by atoms with Crippen LogP contribution in [0.3, 0.4) is 0 Å². The third kappa shape index (κ3) is 4.27. The van der Waals surface area contributed by atoms with Gasteiger partial charge < -0.3 is 9.80 Å². The van der Waals surface area contributed by atoms with E-state index in [2.05, 4.69) is 48.3 Å². The summed E-state index contributed by atoms with van der Waals surface area (Å²) >= 11 is 5.10. The number of thiazole rings is 1. The molecule has 6 rings (SSSR count). The van der Waals surface area contributed by atoms with Gasteiger partial charge in [0, 0.05) is 48.9 Å². The Balaban J connectivity index is 1.23. The molecule has 6 nitrogen and oxygen atoms in total. The topological polar surface area (TPSA) is 50.1 Å². The Hall–Kier alpha value is -2.07. The summed E-state index contributed by atoms with van der Waals surface area (Å²) < 4.78 is 29.8. The number of aromatic nitrogens is 4. The molecule has 2 saturated heterocycles. The maximum absolute atomic E-state index is 13.5. The fraction of sp³-hybridized carbons (Fsp3) is 0.522. The van der Waals surface area contributed by atoms with Crippen molar-refractivity contribution < 1.29 is 8.78 Å². The summed E-state index contributed by atoms with van der Waals surface area (Å²) in [6.45, 7) is 2.78. The molecule has 33 heavy (non-hydrogen) atoms. The van der Waals surface area contributed by atoms with Crippen molar-refractivity contribution >= 4 is 38.1 Å². The van der Waals surface area contributed by atoms with Gasteiger partial charge in [-0.15, -0.1) is 16.4 Å². The quantitative estimate of drug-likeness (QED) is 0.425. The van der Waals surface area contributed by atoms with E-state index in [0.29, 0.717) is 24.2 Å². The third-order valence-electron chi connectivity index (χ3n) is 7.32. The van der Waals surface area contributed by atoms with Crippen LogP contribution >= 0.6 is 27.3 Å². The standard InChI is InChI=1S/C23H25BrF2N6S/c24-16-1-2-19(20(13-16)30-9-5-22(3-4-22)6-10-30)32-14-17(28-29-32)18-15-33-21(27-18)31-11-7-23(25,26)8-12-31/h1-2,13-15H,3-12H2. The largest absolute Gasteiger partial charge is 0.370 e. The van der Waals surface area contributed by atoms with Gasteiger partial charge in [-0.1, -0.05) is 21.1 Å². The minimum Gasteiger partial charge on any atom is -0.370 e. The summed E-state index contributed by atoms with van der Waals surface area (Å²) in [4.78, 5) is 9.07. The van der Waals surface area contributed by atoms with E-state index in [-0.39, 0.29) is 12.8 Å². The first-order valence-electron chi connectivity index (χ1n) is 11.5. The monoisotopic (exact) mass is 534 g/mol. The lowest BCUT2D eigenvalue weighted by molar-refractivity contribution is -0.0220. The van der Waals surface area contributed by atoms with E-state index in [9.17, 15) is 8.78 Å². The number of anilines is 2. The smallest absolute Gasteiger partial charge is 0.251 e. The molecule has 174 valence electrons. The van der Waals surface area contributed by atoms with Crippen molar-refractivity contribution in [1.29, 1.82) is 0 Å². The van der Waals surface area contributed by atoms with Crippen LogP contribution in [0.15, 0.2) is 34.2 Å². The highest BCUT2D eigenvalue weighted by Crippen LogP contribution is 2.54. The number of piperidine rings is 2. The number of hydrogen-bond acceptors (Lipinski definition) is 6. The van der Waals surface area contributed by atoms with Gasteiger partial charge in [-0.3, -0.25) is 0 Å². The highest BCUT2D eigenvalue weighted by atomic mass is 79.9. The van der Waals surface area contributed by atoms with Crippen molar-refractivity contribution in [2.45, 2.75) is 44.4 Å². The zero-order valence-corrected chi connectivity index (χ0v) is 20.6. The zero-order valence-electron chi connectivity index (χ0n) is 18.2. The lowest BCUT2D eigenvalue weighted by Crippen LogP contribution is -2.39. The second kappa shape index (κ2) is 8.01. The molecule has 0 bridgehead atoms. The normalized spacial score (nSPS) is 21.5. The van der Waals surface area contributed by atoms with Gasteiger partial charge in [0.25, 0.3) is 5.92 Å². The number of rotatable bonds is 4. The van der Waals surface area contributed by atoms with Crippen LogP contribution in [0, 0.1) is 5.41 Å². The summed E-state index contributed by atoms with van der Waals surface area (Å²) in [7, 11) is 0. The summed E-state index contributed by atoms with van der Waals surface area (Å²) in [5.74, 6) is -2.56. The number of hydrogen-bond donors (Lipinski definition) is 0. The van der Waals surface area contributed by atoms with E-state index in [4.69, 9.17) is 0 Å². The van der Waals surface area contributed by atoms with Gasteiger partial charge in [0.2, 0.25) is 0 Å². The second-order valence-electron chi connectivity index (χ2n) is 9.53. The highest BCUT2D eigenvalue weighted by molar-refractivity contribution is 9.10. The van der Waals surface area contributed by atoms with E-state index < -0.39 is 5.92 Å². The van der Waals surface area contributed by atoms with Gasteiger partial charge in [0.05, 0.1) is 17.6 Å². The zero-order chi connectivity index (χ0) is 22.6. The molecule has 1 saturated carbocycles. The Morgan fingerprint density at radius 3 is 2.33 bits per heavy atom. The minimum atomic E-state index is -2.56. The van der Waals surface area contributed by atoms with Crippen LogP contribution in [0.5, 0.6) is 0 Å². The average molecular weight is 535 g/mol. The van der Waals surface area contributed by atoms with E-state index in [0.717, 1.165) is 39.8 Å². The Morgan fingerprint density at radius 2 is 1.61 bits per heavy atom. The summed E-state index contributed by atoms with van der Waals surface area (Å²) in [6, 6.07) is 6.26. The van der Waals surface area contributed by atoms with Crippen molar-refractivity contribution in [3.63, 3.8) is 0 Å². The number of benzene rings is 1. The average Bonchev–Trinajstić information content (AvgIpc) is 3.18. The molecule has 1 aliphatic carbocycles. The van der Waals surface area contributed by atoms with Gasteiger partial charge in [0.1, 0.15) is 11.4 Å². The molecule has 3 aliphatic rings. The molecule has 4 heterocycles. The Bertz CT molecular complexity index is 1150. The molecule has 1 aromatic carbocycles. The fourth-order valence-electron chi connectivity index (χ4n) is 4.89. The molecule has 0 atom stereocenters. The molecule has 2 aromatic heterocycles. The predicted octanol–water partition coefficient (Wildman–Crippen LogP) is 5.77. The Morgan fingerprint density at radius 1 is 0.879 bits per heavy atom. The van der Waals surface area contributed by atoms with Crippen LogP contribution in [0.1, 0.15) is 38.5 Å². The molecule has 0 N–H and O–H groups in total. The number of halogens is 3. The maximum atomic E-state index is 13.5. The first kappa shape index (κ1) is 21.5. The van der Waals surface area contributed by atoms with Crippen LogP contribution in [0.25, 0.3) is 17.1 Å². The van der Waals surface area contributed by atoms with Crippen LogP contribution in [0.4, 0.5) is 19.6 Å². The van der Waals surface area contributed by atoms with Gasteiger partial charge in [-0.2, -0.15) is 0 Å². The maximum Gasteiger partial charge on any atom is 0.251 e. The summed E-state index contributed by atoms with van der Waals surface area (Å²) in [5, 5.41) is 11.5. The summed E-state index contributed by atoms with van der Waals surface area (Å²) in [6.07, 6.45) is 6.94. The van der Waals surface area contributed by atoms with Crippen LogP contribution in [0.2, 0.25) is 0 Å². The van der Waals surface area contributed by atoms with Crippen molar-refractivity contribution in [3.05, 3.63) is 34.2 Å². The van der Waals surface area contributed by atoms with Crippen LogP contribution in [-0.2, 0) is 0 Å². The van der Waals surface area contributed by atoms with Gasteiger partial charge in [-0.25, -0.2) is 18.4 Å². The molecular weight excluding hydrogens is 510 g/mol. The van der Waals surface area contributed by atoms with Crippen molar-refractivity contribution in [1.82, 2.24) is 20.0 Å². The van der Waals surface area contributed by atoms with Crippen LogP contribution < -0.4 is 9.80 Å². The molecule has 3 fully saturated rings. The van der Waals surface area contributed by atoms with Crippen molar-refractivity contribution in [2.75, 3.05) is 36.0 Å². The van der Waals surface area contributed by atoms with Gasteiger partial charge in [0.15, 0.2) is 5.13 Å². The van der Waals surface area contributed by atoms with E-state index in [1.165, 1.54) is 37.0 Å². The van der Waals surface area contributed by atoms with E-state index >= 15 is 0 Å².